The van der Waals surface area contributed by atoms with Gasteiger partial charge in [-0.25, -0.2) is 0 Å². The molecule has 0 aliphatic heterocycles. The summed E-state index contributed by atoms with van der Waals surface area (Å²) in [7, 11) is 0. The highest BCUT2D eigenvalue weighted by Crippen LogP contribution is 2.30. The van der Waals surface area contributed by atoms with Crippen molar-refractivity contribution in [1.29, 1.82) is 0 Å². The van der Waals surface area contributed by atoms with Crippen LogP contribution in [0.3, 0.4) is 0 Å². The molecule has 1 aromatic rings. The number of alkyl halides is 1. The zero-order valence-corrected chi connectivity index (χ0v) is 14.3. The quantitative estimate of drug-likeness (QED) is 0.784. The van der Waals surface area contributed by atoms with Crippen LogP contribution in [0.25, 0.3) is 0 Å². The lowest BCUT2D eigenvalue weighted by Crippen LogP contribution is -2.28. The molecule has 0 amide bonds. The minimum atomic E-state index is 0.0273. The molecule has 0 N–H and O–H groups in total. The highest BCUT2D eigenvalue weighted by Gasteiger charge is 2.27. The summed E-state index contributed by atoms with van der Waals surface area (Å²) in [6.45, 7) is 15.7. The van der Waals surface area contributed by atoms with Crippen LogP contribution in [0.2, 0.25) is 0 Å². The monoisotopic (exact) mass is 315 g/mol. The Morgan fingerprint density at radius 3 is 1.94 bits per heavy atom. The molecule has 1 heterocycles. The van der Waals surface area contributed by atoms with Gasteiger partial charge in [0.1, 0.15) is 11.6 Å². The van der Waals surface area contributed by atoms with Gasteiger partial charge in [0.2, 0.25) is 0 Å². The molecule has 4 heteroatoms. The van der Waals surface area contributed by atoms with Gasteiger partial charge in [-0.1, -0.05) is 43.6 Å². The Morgan fingerprint density at radius 1 is 1.06 bits per heavy atom. The lowest BCUT2D eigenvalue weighted by molar-refractivity contribution is 0.248. The predicted octanol–water partition coefficient (Wildman–Crippen LogP) is 4.15. The summed E-state index contributed by atoms with van der Waals surface area (Å²) in [6, 6.07) is 0. The van der Waals surface area contributed by atoms with E-state index in [0.717, 1.165) is 23.4 Å². The molecule has 0 bridgehead atoms. The van der Waals surface area contributed by atoms with Crippen molar-refractivity contribution in [2.24, 2.45) is 11.3 Å². The highest BCUT2D eigenvalue weighted by molar-refractivity contribution is 9.08. The molecule has 1 aromatic heterocycles. The zero-order chi connectivity index (χ0) is 14.1. The number of nitrogens with zero attached hydrogens (tertiary/aromatic N) is 3. The first-order valence-corrected chi connectivity index (χ1v) is 7.69. The predicted molar refractivity (Wildman–Crippen MR) is 80.0 cm³/mol. The van der Waals surface area contributed by atoms with Crippen molar-refractivity contribution < 1.29 is 0 Å². The van der Waals surface area contributed by atoms with Crippen molar-refractivity contribution in [1.82, 2.24) is 14.8 Å². The van der Waals surface area contributed by atoms with Gasteiger partial charge < -0.3 is 4.57 Å². The molecule has 0 aliphatic carbocycles. The fraction of sp³-hybridized carbons (Fsp3) is 0.857. The Hall–Kier alpha value is -0.380. The van der Waals surface area contributed by atoms with E-state index in [1.54, 1.807) is 0 Å². The number of hydrogen-bond acceptors (Lipinski definition) is 2. The van der Waals surface area contributed by atoms with Gasteiger partial charge in [-0.2, -0.15) is 0 Å². The standard InChI is InChI=1S/C14H26BrN3/c1-10(13(2,3)4)8-11-16-17-12(9-15)18(11)14(5,6)7/h10H,8-9H2,1-7H3. The molecule has 0 saturated heterocycles. The van der Waals surface area contributed by atoms with Crippen molar-refractivity contribution in [2.75, 3.05) is 0 Å². The SMILES string of the molecule is CC(Cc1nnc(CBr)n1C(C)(C)C)C(C)(C)C. The number of hydrogen-bond donors (Lipinski definition) is 0. The first-order valence-electron chi connectivity index (χ1n) is 6.57. The Morgan fingerprint density at radius 2 is 1.56 bits per heavy atom. The van der Waals surface area contributed by atoms with Crippen molar-refractivity contribution in [2.45, 2.75) is 65.8 Å². The Kier molecular flexibility index (Phi) is 4.63. The second kappa shape index (κ2) is 5.32. The molecule has 1 rings (SSSR count). The van der Waals surface area contributed by atoms with E-state index in [1.165, 1.54) is 0 Å². The minimum absolute atomic E-state index is 0.0273. The summed E-state index contributed by atoms with van der Waals surface area (Å²) in [5, 5.41) is 9.44. The normalized spacial score (nSPS) is 14.9. The molecule has 0 spiro atoms. The van der Waals surface area contributed by atoms with Crippen molar-refractivity contribution in [3.8, 4) is 0 Å². The lowest BCUT2D eigenvalue weighted by atomic mass is 9.80. The van der Waals surface area contributed by atoms with E-state index in [4.69, 9.17) is 0 Å². The van der Waals surface area contributed by atoms with Crippen molar-refractivity contribution in [3.05, 3.63) is 11.6 Å². The van der Waals surface area contributed by atoms with Gasteiger partial charge >= 0.3 is 0 Å². The second-order valence-electron chi connectivity index (χ2n) is 7.14. The van der Waals surface area contributed by atoms with Crippen LogP contribution >= 0.6 is 15.9 Å². The van der Waals surface area contributed by atoms with Crippen LogP contribution in [-0.2, 0) is 17.3 Å². The highest BCUT2D eigenvalue weighted by atomic mass is 79.9. The maximum atomic E-state index is 4.39. The Bertz CT molecular complexity index is 396. The molecule has 0 aromatic carbocycles. The topological polar surface area (TPSA) is 30.7 Å². The number of aromatic nitrogens is 3. The van der Waals surface area contributed by atoms with E-state index in [0.29, 0.717) is 11.3 Å². The van der Waals surface area contributed by atoms with E-state index < -0.39 is 0 Å². The molecule has 104 valence electrons. The molecule has 18 heavy (non-hydrogen) atoms. The maximum absolute atomic E-state index is 4.39. The molecular formula is C14H26BrN3. The summed E-state index contributed by atoms with van der Waals surface area (Å²) < 4.78 is 2.27. The molecule has 1 atom stereocenters. The van der Waals surface area contributed by atoms with Crippen molar-refractivity contribution >= 4 is 15.9 Å². The zero-order valence-electron chi connectivity index (χ0n) is 12.7. The summed E-state index contributed by atoms with van der Waals surface area (Å²) in [4.78, 5) is 0. The van der Waals surface area contributed by atoms with Crippen LogP contribution in [0.1, 0.15) is 60.1 Å². The van der Waals surface area contributed by atoms with Crippen molar-refractivity contribution in [3.63, 3.8) is 0 Å². The van der Waals surface area contributed by atoms with Crippen LogP contribution in [0.4, 0.5) is 0 Å². The molecule has 0 fully saturated rings. The molecule has 3 nitrogen and oxygen atoms in total. The van der Waals surface area contributed by atoms with E-state index in [1.807, 2.05) is 0 Å². The molecular weight excluding hydrogens is 290 g/mol. The minimum Gasteiger partial charge on any atom is -0.309 e. The third-order valence-corrected chi connectivity index (χ3v) is 4.06. The van der Waals surface area contributed by atoms with Gasteiger partial charge in [0.15, 0.2) is 0 Å². The average Bonchev–Trinajstić information content (AvgIpc) is 2.58. The summed E-state index contributed by atoms with van der Waals surface area (Å²) in [5.41, 5.74) is 0.322. The van der Waals surface area contributed by atoms with Gasteiger partial charge in [-0.05, 0) is 32.1 Å². The van der Waals surface area contributed by atoms with Gasteiger partial charge in [-0.3, -0.25) is 0 Å². The Labute approximate surface area is 120 Å². The largest absolute Gasteiger partial charge is 0.309 e. The first-order chi connectivity index (χ1) is 8.07. The van der Waals surface area contributed by atoms with E-state index in [-0.39, 0.29) is 5.54 Å². The van der Waals surface area contributed by atoms with E-state index in [2.05, 4.69) is 79.2 Å². The van der Waals surface area contributed by atoms with Gasteiger partial charge in [0.05, 0.1) is 5.33 Å². The van der Waals surface area contributed by atoms with Gasteiger partial charge in [0, 0.05) is 12.0 Å². The second-order valence-corrected chi connectivity index (χ2v) is 7.70. The smallest absolute Gasteiger partial charge is 0.144 e. The summed E-state index contributed by atoms with van der Waals surface area (Å²) in [5.74, 6) is 2.68. The van der Waals surface area contributed by atoms with Crippen LogP contribution in [0.15, 0.2) is 0 Å². The van der Waals surface area contributed by atoms with Crippen LogP contribution in [0.5, 0.6) is 0 Å². The number of halogens is 1. The summed E-state index contributed by atoms with van der Waals surface area (Å²) in [6.07, 6.45) is 0.973. The third-order valence-electron chi connectivity index (χ3n) is 3.55. The molecule has 0 saturated carbocycles. The first kappa shape index (κ1) is 15.7. The van der Waals surface area contributed by atoms with E-state index in [9.17, 15) is 0 Å². The molecule has 0 aliphatic rings. The lowest BCUT2D eigenvalue weighted by Gasteiger charge is -2.29. The maximum Gasteiger partial charge on any atom is 0.144 e. The van der Waals surface area contributed by atoms with E-state index >= 15 is 0 Å². The fourth-order valence-corrected chi connectivity index (χ4v) is 2.29. The van der Waals surface area contributed by atoms with Crippen LogP contribution in [-0.4, -0.2) is 14.8 Å². The van der Waals surface area contributed by atoms with Crippen LogP contribution < -0.4 is 0 Å². The van der Waals surface area contributed by atoms with Gasteiger partial charge in [-0.15, -0.1) is 10.2 Å². The summed E-state index contributed by atoms with van der Waals surface area (Å²) >= 11 is 3.50. The number of rotatable bonds is 3. The molecule has 1 unspecified atom stereocenters. The average molecular weight is 316 g/mol. The Balaban J connectivity index is 3.08. The van der Waals surface area contributed by atoms with Crippen LogP contribution in [0, 0.1) is 11.3 Å². The fourth-order valence-electron chi connectivity index (χ4n) is 1.93. The van der Waals surface area contributed by atoms with Gasteiger partial charge in [0.25, 0.3) is 0 Å². The third kappa shape index (κ3) is 3.56. The molecule has 0 radical (unpaired) electrons.